The summed E-state index contributed by atoms with van der Waals surface area (Å²) in [4.78, 5) is 14.2. The Morgan fingerprint density at radius 3 is 2.67 bits per heavy atom. The molecule has 2 N–H and O–H groups in total. The number of carbonyl (C=O) groups is 1. The van der Waals surface area contributed by atoms with Crippen molar-refractivity contribution in [2.45, 2.75) is 19.1 Å². The van der Waals surface area contributed by atoms with E-state index in [0.717, 1.165) is 6.92 Å². The second-order valence-electron chi connectivity index (χ2n) is 2.92. The molecular weight excluding hydrogens is 224 g/mol. The standard InChI is InChI=1S/C7H10N2O5S/c1-4-3-14-7(8-4)9-15(12,13)5(2)6(10)11/h3,5H,1-2H3,(H,8,9)(H,10,11). The molecule has 0 fully saturated rings. The average Bonchev–Trinajstić information content (AvgIpc) is 2.48. The smallest absolute Gasteiger partial charge is 0.323 e. The molecule has 1 aromatic heterocycles. The molecule has 1 unspecified atom stereocenters. The number of rotatable bonds is 4. The van der Waals surface area contributed by atoms with Gasteiger partial charge in [0.2, 0.25) is 10.0 Å². The second-order valence-corrected chi connectivity index (χ2v) is 4.92. The molecule has 1 aromatic rings. The fourth-order valence-corrected chi connectivity index (χ4v) is 1.52. The molecule has 0 aliphatic rings. The summed E-state index contributed by atoms with van der Waals surface area (Å²) in [5.41, 5.74) is 0.496. The van der Waals surface area contributed by atoms with Gasteiger partial charge in [-0.1, -0.05) is 0 Å². The van der Waals surface area contributed by atoms with Crippen molar-refractivity contribution in [1.82, 2.24) is 4.98 Å². The van der Waals surface area contributed by atoms with Crippen molar-refractivity contribution >= 4 is 22.0 Å². The van der Waals surface area contributed by atoms with Crippen molar-refractivity contribution in [2.24, 2.45) is 0 Å². The molecule has 1 atom stereocenters. The minimum atomic E-state index is -4.01. The Hall–Kier alpha value is -1.57. The van der Waals surface area contributed by atoms with E-state index in [1.165, 1.54) is 6.26 Å². The Morgan fingerprint density at radius 1 is 1.67 bits per heavy atom. The molecule has 0 aromatic carbocycles. The minimum Gasteiger partial charge on any atom is -0.480 e. The summed E-state index contributed by atoms with van der Waals surface area (Å²) in [5.74, 6) is -1.44. The van der Waals surface area contributed by atoms with E-state index in [1.54, 1.807) is 6.92 Å². The number of carboxylic acid groups (broad SMARTS) is 1. The molecule has 8 heteroatoms. The lowest BCUT2D eigenvalue weighted by molar-refractivity contribution is -0.136. The fourth-order valence-electron chi connectivity index (χ4n) is 0.744. The number of aliphatic carboxylic acids is 1. The van der Waals surface area contributed by atoms with Crippen molar-refractivity contribution in [2.75, 3.05) is 4.72 Å². The number of anilines is 1. The minimum absolute atomic E-state index is 0.236. The van der Waals surface area contributed by atoms with E-state index in [-0.39, 0.29) is 6.01 Å². The van der Waals surface area contributed by atoms with Crippen LogP contribution in [0, 0.1) is 6.92 Å². The first kappa shape index (κ1) is 11.5. The molecule has 0 bridgehead atoms. The monoisotopic (exact) mass is 234 g/mol. The highest BCUT2D eigenvalue weighted by atomic mass is 32.2. The van der Waals surface area contributed by atoms with Crippen molar-refractivity contribution in [3.8, 4) is 0 Å². The number of hydrogen-bond acceptors (Lipinski definition) is 5. The first-order valence-corrected chi connectivity index (χ1v) is 5.54. The van der Waals surface area contributed by atoms with E-state index in [4.69, 9.17) is 9.52 Å². The summed E-state index contributed by atoms with van der Waals surface area (Å²) in [6.07, 6.45) is 1.25. The van der Waals surface area contributed by atoms with Gasteiger partial charge in [-0.15, -0.1) is 0 Å². The number of hydrogen-bond donors (Lipinski definition) is 2. The maximum atomic E-state index is 11.4. The zero-order valence-corrected chi connectivity index (χ0v) is 8.91. The summed E-state index contributed by atoms with van der Waals surface area (Å²) in [5, 5.41) is 6.97. The van der Waals surface area contributed by atoms with E-state index >= 15 is 0 Å². The van der Waals surface area contributed by atoms with Gasteiger partial charge in [0.05, 0.1) is 5.69 Å². The van der Waals surface area contributed by atoms with Crippen LogP contribution in [0.2, 0.25) is 0 Å². The Morgan fingerprint density at radius 2 is 2.27 bits per heavy atom. The van der Waals surface area contributed by atoms with Gasteiger partial charge < -0.3 is 9.52 Å². The summed E-state index contributed by atoms with van der Waals surface area (Å²) in [6, 6.07) is -0.236. The average molecular weight is 234 g/mol. The van der Waals surface area contributed by atoms with Crippen LogP contribution in [0.5, 0.6) is 0 Å². The molecule has 7 nitrogen and oxygen atoms in total. The molecule has 0 aliphatic carbocycles. The Balaban J connectivity index is 2.86. The summed E-state index contributed by atoms with van der Waals surface area (Å²) in [7, 11) is -4.01. The summed E-state index contributed by atoms with van der Waals surface area (Å²) >= 11 is 0. The second kappa shape index (κ2) is 3.89. The zero-order valence-electron chi connectivity index (χ0n) is 8.09. The van der Waals surface area contributed by atoms with Crippen molar-refractivity contribution in [1.29, 1.82) is 0 Å². The number of nitrogens with zero attached hydrogens (tertiary/aromatic N) is 1. The van der Waals surface area contributed by atoms with Crippen molar-refractivity contribution in [3.05, 3.63) is 12.0 Å². The van der Waals surface area contributed by atoms with Crippen LogP contribution in [-0.2, 0) is 14.8 Å². The first-order valence-electron chi connectivity index (χ1n) is 3.99. The highest BCUT2D eigenvalue weighted by molar-refractivity contribution is 7.94. The molecule has 1 heterocycles. The molecule has 0 spiro atoms. The van der Waals surface area contributed by atoms with E-state index in [9.17, 15) is 13.2 Å². The first-order chi connectivity index (χ1) is 6.83. The molecule has 1 rings (SSSR count). The Kier molecular flexibility index (Phi) is 2.98. The normalized spacial score (nSPS) is 13.5. The molecule has 0 saturated heterocycles. The van der Waals surface area contributed by atoms with E-state index < -0.39 is 21.2 Å². The predicted molar refractivity (Wildman–Crippen MR) is 50.9 cm³/mol. The Bertz CT molecular complexity index is 463. The number of aryl methyl sites for hydroxylation is 1. The largest absolute Gasteiger partial charge is 0.480 e. The van der Waals surface area contributed by atoms with Crippen LogP contribution in [0.4, 0.5) is 6.01 Å². The number of carboxylic acids is 1. The molecule has 15 heavy (non-hydrogen) atoms. The van der Waals surface area contributed by atoms with E-state index in [0.29, 0.717) is 5.69 Å². The van der Waals surface area contributed by atoms with Crippen molar-refractivity contribution in [3.63, 3.8) is 0 Å². The van der Waals surface area contributed by atoms with Crippen LogP contribution in [0.25, 0.3) is 0 Å². The van der Waals surface area contributed by atoms with Gasteiger partial charge in [-0.2, -0.15) is 4.98 Å². The van der Waals surface area contributed by atoms with Crippen LogP contribution >= 0.6 is 0 Å². The number of aromatic nitrogens is 1. The van der Waals surface area contributed by atoms with Crippen LogP contribution < -0.4 is 4.72 Å². The van der Waals surface area contributed by atoms with Gasteiger partial charge in [-0.05, 0) is 13.8 Å². The lowest BCUT2D eigenvalue weighted by atomic mass is 10.5. The lowest BCUT2D eigenvalue weighted by Gasteiger charge is -2.07. The molecule has 0 aliphatic heterocycles. The number of oxazole rings is 1. The molecule has 0 amide bonds. The molecule has 84 valence electrons. The van der Waals surface area contributed by atoms with Crippen LogP contribution in [-0.4, -0.2) is 29.7 Å². The van der Waals surface area contributed by atoms with E-state index in [2.05, 4.69) is 4.98 Å². The van der Waals surface area contributed by atoms with Gasteiger partial charge in [0.1, 0.15) is 6.26 Å². The summed E-state index contributed by atoms with van der Waals surface area (Å²) in [6.45, 7) is 2.67. The number of nitrogens with one attached hydrogen (secondary N) is 1. The van der Waals surface area contributed by atoms with Gasteiger partial charge in [0.25, 0.3) is 0 Å². The van der Waals surface area contributed by atoms with Gasteiger partial charge >= 0.3 is 12.0 Å². The number of sulfonamides is 1. The molecule has 0 radical (unpaired) electrons. The highest BCUT2D eigenvalue weighted by Crippen LogP contribution is 2.11. The van der Waals surface area contributed by atoms with Crippen LogP contribution in [0.3, 0.4) is 0 Å². The maximum absolute atomic E-state index is 11.4. The highest BCUT2D eigenvalue weighted by Gasteiger charge is 2.28. The third-order valence-electron chi connectivity index (χ3n) is 1.66. The van der Waals surface area contributed by atoms with Gasteiger partial charge in [0.15, 0.2) is 5.25 Å². The predicted octanol–water partition coefficient (Wildman–Crippen LogP) is 0.198. The maximum Gasteiger partial charge on any atom is 0.323 e. The van der Waals surface area contributed by atoms with E-state index in [1.807, 2.05) is 4.72 Å². The zero-order chi connectivity index (χ0) is 11.6. The van der Waals surface area contributed by atoms with Crippen molar-refractivity contribution < 1.29 is 22.7 Å². The van der Waals surface area contributed by atoms with Gasteiger partial charge in [-0.3, -0.25) is 4.79 Å². The molecule has 0 saturated carbocycles. The Labute approximate surface area is 86.2 Å². The fraction of sp³-hybridized carbons (Fsp3) is 0.429. The SMILES string of the molecule is Cc1coc(NS(=O)(=O)C(C)C(=O)O)n1. The lowest BCUT2D eigenvalue weighted by Crippen LogP contribution is -2.32. The third-order valence-corrected chi connectivity index (χ3v) is 3.25. The summed E-state index contributed by atoms with van der Waals surface area (Å²) < 4.78 is 29.4. The quantitative estimate of drug-likeness (QED) is 0.770. The van der Waals surface area contributed by atoms with Crippen LogP contribution in [0.15, 0.2) is 10.7 Å². The third kappa shape index (κ3) is 2.69. The van der Waals surface area contributed by atoms with Gasteiger partial charge in [-0.25, -0.2) is 13.1 Å². The van der Waals surface area contributed by atoms with Crippen LogP contribution in [0.1, 0.15) is 12.6 Å². The topological polar surface area (TPSA) is 110 Å². The van der Waals surface area contributed by atoms with Gasteiger partial charge in [0, 0.05) is 0 Å². The molecular formula is C7H10N2O5S.